The number of rotatable bonds is 6. The molecule has 0 unspecified atom stereocenters. The Labute approximate surface area is 115 Å². The van der Waals surface area contributed by atoms with Crippen molar-refractivity contribution in [2.24, 2.45) is 0 Å². The number of para-hydroxylation sites is 2. The van der Waals surface area contributed by atoms with Crippen molar-refractivity contribution in [2.45, 2.75) is 51.6 Å². The Morgan fingerprint density at radius 3 is 2.84 bits per heavy atom. The van der Waals surface area contributed by atoms with Crippen LogP contribution in [0.25, 0.3) is 11.0 Å². The molecule has 1 heterocycles. The number of aryl methyl sites for hydroxylation is 1. The maximum atomic E-state index is 4.83. The third-order valence-corrected chi connectivity index (χ3v) is 3.71. The molecule has 0 bridgehead atoms. The summed E-state index contributed by atoms with van der Waals surface area (Å²) in [5, 5.41) is 3.48. The van der Waals surface area contributed by atoms with E-state index in [0.717, 1.165) is 24.9 Å². The number of hydrogen-bond acceptors (Lipinski definition) is 2. The summed E-state index contributed by atoms with van der Waals surface area (Å²) in [6.45, 7) is 5.46. The highest BCUT2D eigenvalue weighted by Gasteiger charge is 2.27. The topological polar surface area (TPSA) is 29.9 Å². The molecular formula is C16H23N3. The van der Waals surface area contributed by atoms with E-state index < -0.39 is 0 Å². The van der Waals surface area contributed by atoms with Crippen LogP contribution in [0.4, 0.5) is 0 Å². The zero-order chi connectivity index (χ0) is 13.2. The summed E-state index contributed by atoms with van der Waals surface area (Å²) in [6, 6.07) is 9.81. The van der Waals surface area contributed by atoms with Gasteiger partial charge >= 0.3 is 0 Å². The second kappa shape index (κ2) is 5.33. The van der Waals surface area contributed by atoms with Crippen LogP contribution in [-0.4, -0.2) is 22.1 Å². The Balaban J connectivity index is 1.76. The van der Waals surface area contributed by atoms with Crippen molar-refractivity contribution in [3.8, 4) is 0 Å². The second-order valence-corrected chi connectivity index (χ2v) is 5.83. The average Bonchev–Trinajstić information content (AvgIpc) is 3.15. The van der Waals surface area contributed by atoms with Crippen molar-refractivity contribution < 1.29 is 0 Å². The first-order valence-electron chi connectivity index (χ1n) is 7.45. The van der Waals surface area contributed by atoms with Gasteiger partial charge in [-0.05, 0) is 37.9 Å². The molecule has 1 N–H and O–H groups in total. The van der Waals surface area contributed by atoms with Crippen LogP contribution in [-0.2, 0) is 6.42 Å². The molecule has 2 aromatic rings. The van der Waals surface area contributed by atoms with Gasteiger partial charge in [0, 0.05) is 18.5 Å². The maximum Gasteiger partial charge on any atom is 0.110 e. The fourth-order valence-corrected chi connectivity index (χ4v) is 2.65. The number of nitrogens with zero attached hydrogens (tertiary/aromatic N) is 2. The first-order chi connectivity index (χ1) is 9.25. The summed E-state index contributed by atoms with van der Waals surface area (Å²) in [4.78, 5) is 4.83. The highest BCUT2D eigenvalue weighted by Crippen LogP contribution is 2.38. The van der Waals surface area contributed by atoms with E-state index in [0.29, 0.717) is 12.1 Å². The number of nitrogens with one attached hydrogen (secondary N) is 1. The van der Waals surface area contributed by atoms with E-state index in [1.165, 1.54) is 24.2 Å². The minimum atomic E-state index is 0.572. The van der Waals surface area contributed by atoms with Crippen molar-refractivity contribution in [3.63, 3.8) is 0 Å². The summed E-state index contributed by atoms with van der Waals surface area (Å²) in [5.74, 6) is 1.27. The van der Waals surface area contributed by atoms with Crippen LogP contribution in [0.3, 0.4) is 0 Å². The van der Waals surface area contributed by atoms with Gasteiger partial charge in [-0.3, -0.25) is 0 Å². The van der Waals surface area contributed by atoms with Gasteiger partial charge < -0.3 is 9.88 Å². The van der Waals surface area contributed by atoms with Crippen LogP contribution < -0.4 is 5.32 Å². The highest BCUT2D eigenvalue weighted by molar-refractivity contribution is 5.76. The van der Waals surface area contributed by atoms with Gasteiger partial charge in [0.1, 0.15) is 5.82 Å². The monoisotopic (exact) mass is 257 g/mol. The summed E-state index contributed by atoms with van der Waals surface area (Å²) in [5.41, 5.74) is 2.47. The second-order valence-electron chi connectivity index (χ2n) is 5.83. The molecule has 102 valence electrons. The van der Waals surface area contributed by atoms with E-state index in [1.807, 2.05) is 0 Å². The molecule has 1 aromatic heterocycles. The van der Waals surface area contributed by atoms with E-state index in [1.54, 1.807) is 0 Å². The third-order valence-electron chi connectivity index (χ3n) is 3.71. The van der Waals surface area contributed by atoms with E-state index in [-0.39, 0.29) is 0 Å². The Bertz CT molecular complexity index is 552. The Kier molecular flexibility index (Phi) is 3.56. The summed E-state index contributed by atoms with van der Waals surface area (Å²) in [7, 11) is 0. The van der Waals surface area contributed by atoms with Gasteiger partial charge in [0.2, 0.25) is 0 Å². The molecule has 3 nitrogen and oxygen atoms in total. The molecule has 0 radical (unpaired) electrons. The van der Waals surface area contributed by atoms with Crippen LogP contribution in [0.15, 0.2) is 24.3 Å². The van der Waals surface area contributed by atoms with E-state index >= 15 is 0 Å². The van der Waals surface area contributed by atoms with Gasteiger partial charge in [-0.15, -0.1) is 0 Å². The summed E-state index contributed by atoms with van der Waals surface area (Å²) in [6.07, 6.45) is 4.87. The van der Waals surface area contributed by atoms with E-state index in [4.69, 9.17) is 4.98 Å². The van der Waals surface area contributed by atoms with Gasteiger partial charge in [-0.25, -0.2) is 4.98 Å². The first kappa shape index (κ1) is 12.7. The van der Waals surface area contributed by atoms with Crippen LogP contribution in [0, 0.1) is 0 Å². The molecule has 3 rings (SSSR count). The Morgan fingerprint density at radius 2 is 2.11 bits per heavy atom. The molecule has 0 saturated heterocycles. The van der Waals surface area contributed by atoms with Gasteiger partial charge in [0.25, 0.3) is 0 Å². The van der Waals surface area contributed by atoms with Crippen LogP contribution >= 0.6 is 0 Å². The van der Waals surface area contributed by atoms with Crippen LogP contribution in [0.5, 0.6) is 0 Å². The third kappa shape index (κ3) is 2.81. The molecule has 19 heavy (non-hydrogen) atoms. The molecule has 0 atom stereocenters. The number of imidazole rings is 1. The van der Waals surface area contributed by atoms with Crippen LogP contribution in [0.2, 0.25) is 0 Å². The minimum Gasteiger partial charge on any atom is -0.325 e. The van der Waals surface area contributed by atoms with Crippen molar-refractivity contribution in [1.29, 1.82) is 0 Å². The molecule has 1 fully saturated rings. The predicted molar refractivity (Wildman–Crippen MR) is 79.5 cm³/mol. The largest absolute Gasteiger partial charge is 0.325 e. The lowest BCUT2D eigenvalue weighted by Crippen LogP contribution is -2.24. The van der Waals surface area contributed by atoms with Crippen molar-refractivity contribution in [2.75, 3.05) is 6.54 Å². The lowest BCUT2D eigenvalue weighted by Gasteiger charge is -2.09. The average molecular weight is 257 g/mol. The number of fused-ring (bicyclic) bond motifs is 1. The van der Waals surface area contributed by atoms with Crippen molar-refractivity contribution in [3.05, 3.63) is 30.1 Å². The quantitative estimate of drug-likeness (QED) is 0.805. The Morgan fingerprint density at radius 1 is 1.32 bits per heavy atom. The number of benzene rings is 1. The van der Waals surface area contributed by atoms with Crippen molar-refractivity contribution >= 4 is 11.0 Å². The SMILES string of the molecule is CC(C)NCCCc1nc2ccccc2n1C1CC1. The predicted octanol–water partition coefficient (Wildman–Crippen LogP) is 3.30. The van der Waals surface area contributed by atoms with Crippen molar-refractivity contribution in [1.82, 2.24) is 14.9 Å². The fraction of sp³-hybridized carbons (Fsp3) is 0.562. The Hall–Kier alpha value is -1.35. The number of aromatic nitrogens is 2. The van der Waals surface area contributed by atoms with E-state index in [2.05, 4.69) is 48.0 Å². The smallest absolute Gasteiger partial charge is 0.110 e. The van der Waals surface area contributed by atoms with E-state index in [9.17, 15) is 0 Å². The fourth-order valence-electron chi connectivity index (χ4n) is 2.65. The molecule has 0 amide bonds. The minimum absolute atomic E-state index is 0.572. The molecule has 1 aliphatic rings. The molecule has 0 aliphatic heterocycles. The van der Waals surface area contributed by atoms with Gasteiger partial charge in [-0.2, -0.15) is 0 Å². The lowest BCUT2D eigenvalue weighted by molar-refractivity contribution is 0.559. The zero-order valence-electron chi connectivity index (χ0n) is 11.9. The molecule has 1 saturated carbocycles. The van der Waals surface area contributed by atoms with Crippen LogP contribution in [0.1, 0.15) is 45.0 Å². The highest BCUT2D eigenvalue weighted by atomic mass is 15.1. The zero-order valence-corrected chi connectivity index (χ0v) is 11.9. The molecular weight excluding hydrogens is 234 g/mol. The van der Waals surface area contributed by atoms with Gasteiger partial charge in [0.15, 0.2) is 0 Å². The number of hydrogen-bond donors (Lipinski definition) is 1. The maximum absolute atomic E-state index is 4.83. The lowest BCUT2D eigenvalue weighted by atomic mass is 10.2. The summed E-state index contributed by atoms with van der Waals surface area (Å²) < 4.78 is 2.48. The normalized spacial score (nSPS) is 15.5. The molecule has 3 heteroatoms. The van der Waals surface area contributed by atoms with Gasteiger partial charge in [0.05, 0.1) is 11.0 Å². The molecule has 1 aromatic carbocycles. The first-order valence-corrected chi connectivity index (χ1v) is 7.45. The van der Waals surface area contributed by atoms with Gasteiger partial charge in [-0.1, -0.05) is 26.0 Å². The summed E-state index contributed by atoms with van der Waals surface area (Å²) >= 11 is 0. The molecule has 0 spiro atoms. The standard InChI is InChI=1S/C16H23N3/c1-12(2)17-11-5-8-16-18-14-6-3-4-7-15(14)19(16)13-9-10-13/h3-4,6-7,12-13,17H,5,8-11H2,1-2H3. The molecule has 1 aliphatic carbocycles.